The summed E-state index contributed by atoms with van der Waals surface area (Å²) in [4.78, 5) is 52.3. The van der Waals surface area contributed by atoms with Gasteiger partial charge < -0.3 is 34.1 Å². The average molecular weight is 684 g/mol. The van der Waals surface area contributed by atoms with Crippen molar-refractivity contribution in [3.05, 3.63) is 59.7 Å². The molecule has 1 amide bonds. The number of carbonyl (C=O) groups excluding carboxylic acids is 4. The van der Waals surface area contributed by atoms with Crippen molar-refractivity contribution in [2.45, 2.75) is 97.4 Å². The summed E-state index contributed by atoms with van der Waals surface area (Å²) in [6, 6.07) is 8.99. The maximum absolute atomic E-state index is 15.1. The molecule has 3 aromatic rings. The standard InChI is InChI=1S/C36H43F2N3O8/c1-19(42)47-29-18-46-35(32(49-21(3)44)31(29)48-20(2)43)41-28-16-24(38)13-14-26(28)27(30(41)22-9-11-23(37)12-10-22)17-25-8-7-15-40(25)34(45)33(39)36(4,5)6/h9-14,16,25,29,31-33,35H,7-8,15,17-18,39H2,1-6H3/t25-,29+,31-,32+,33+,35+/m0/s1. The lowest BCUT2D eigenvalue weighted by Crippen LogP contribution is -2.55. The zero-order valence-electron chi connectivity index (χ0n) is 28.5. The molecule has 2 fully saturated rings. The van der Waals surface area contributed by atoms with E-state index in [9.17, 15) is 23.6 Å². The number of nitrogens with zero attached hydrogens (tertiary/aromatic N) is 2. The largest absolute Gasteiger partial charge is 0.456 e. The van der Waals surface area contributed by atoms with E-state index in [2.05, 4.69) is 0 Å². The van der Waals surface area contributed by atoms with Crippen LogP contribution in [0.5, 0.6) is 0 Å². The Hall–Kier alpha value is -4.36. The Morgan fingerprint density at radius 3 is 2.14 bits per heavy atom. The van der Waals surface area contributed by atoms with E-state index in [0.717, 1.165) is 6.42 Å². The summed E-state index contributed by atoms with van der Waals surface area (Å²) in [5, 5.41) is 0.622. The van der Waals surface area contributed by atoms with Gasteiger partial charge in [0.1, 0.15) is 11.6 Å². The maximum atomic E-state index is 15.1. The molecule has 0 radical (unpaired) electrons. The van der Waals surface area contributed by atoms with E-state index in [1.54, 1.807) is 27.7 Å². The number of fused-ring (bicyclic) bond motifs is 1. The predicted molar refractivity (Wildman–Crippen MR) is 175 cm³/mol. The molecule has 1 aromatic heterocycles. The topological polar surface area (TPSA) is 139 Å². The lowest BCUT2D eigenvalue weighted by molar-refractivity contribution is -0.238. The van der Waals surface area contributed by atoms with E-state index in [0.29, 0.717) is 47.1 Å². The highest BCUT2D eigenvalue weighted by Crippen LogP contribution is 2.43. The van der Waals surface area contributed by atoms with Crippen molar-refractivity contribution in [2.24, 2.45) is 11.1 Å². The van der Waals surface area contributed by atoms with E-state index < -0.39 is 65.5 Å². The minimum atomic E-state index is -1.36. The third-order valence-electron chi connectivity index (χ3n) is 9.07. The van der Waals surface area contributed by atoms with Crippen molar-refractivity contribution in [1.82, 2.24) is 9.47 Å². The second-order valence-electron chi connectivity index (χ2n) is 13.8. The van der Waals surface area contributed by atoms with Gasteiger partial charge >= 0.3 is 17.9 Å². The van der Waals surface area contributed by atoms with Crippen LogP contribution in [0, 0.1) is 17.0 Å². The smallest absolute Gasteiger partial charge is 0.303 e. The van der Waals surface area contributed by atoms with E-state index in [-0.39, 0.29) is 18.6 Å². The summed E-state index contributed by atoms with van der Waals surface area (Å²) in [7, 11) is 0. The molecule has 0 saturated carbocycles. The predicted octanol–water partition coefficient (Wildman–Crippen LogP) is 4.82. The van der Waals surface area contributed by atoms with Crippen LogP contribution in [0.3, 0.4) is 0 Å². The van der Waals surface area contributed by atoms with E-state index in [1.165, 1.54) is 45.0 Å². The normalized spacial score (nSPS) is 23.3. The number of hydrogen-bond acceptors (Lipinski definition) is 9. The van der Waals surface area contributed by atoms with Crippen LogP contribution >= 0.6 is 0 Å². The molecule has 49 heavy (non-hydrogen) atoms. The number of ether oxygens (including phenoxy) is 4. The van der Waals surface area contributed by atoms with Gasteiger partial charge in [-0.2, -0.15) is 0 Å². The van der Waals surface area contributed by atoms with Crippen LogP contribution in [-0.4, -0.2) is 76.8 Å². The molecule has 11 nitrogen and oxygen atoms in total. The van der Waals surface area contributed by atoms with Gasteiger partial charge in [-0.1, -0.05) is 20.8 Å². The van der Waals surface area contributed by atoms with Crippen molar-refractivity contribution in [1.29, 1.82) is 0 Å². The molecule has 2 saturated heterocycles. The summed E-state index contributed by atoms with van der Waals surface area (Å²) in [5.41, 5.74) is 8.05. The SMILES string of the molecule is CC(=O)O[C@@H]1[C@@H](OC(C)=O)[C@H](OC(C)=O)CO[C@H]1n1c(-c2ccc(F)cc2)c(C[C@@H]2CCCN2C(=O)[C@@H](N)C(C)(C)C)c2ccc(F)cc21. The third-order valence-corrected chi connectivity index (χ3v) is 9.07. The number of nitrogens with two attached hydrogens (primary N) is 1. The van der Waals surface area contributed by atoms with Crippen LogP contribution < -0.4 is 5.73 Å². The molecule has 2 aliphatic rings. The summed E-state index contributed by atoms with van der Waals surface area (Å²) in [6.07, 6.45) is -3.23. The summed E-state index contributed by atoms with van der Waals surface area (Å²) >= 11 is 0. The number of hydrogen-bond donors (Lipinski definition) is 1. The lowest BCUT2D eigenvalue weighted by Gasteiger charge is -2.41. The van der Waals surface area contributed by atoms with Crippen LogP contribution in [-0.2, 0) is 44.5 Å². The van der Waals surface area contributed by atoms with Crippen LogP contribution in [0.25, 0.3) is 22.2 Å². The number of carbonyl (C=O) groups is 4. The van der Waals surface area contributed by atoms with Gasteiger partial charge in [0.15, 0.2) is 24.5 Å². The van der Waals surface area contributed by atoms with Gasteiger partial charge in [0.25, 0.3) is 0 Å². The van der Waals surface area contributed by atoms with Gasteiger partial charge in [-0.15, -0.1) is 0 Å². The number of halogens is 2. The molecular weight excluding hydrogens is 640 g/mol. The van der Waals surface area contributed by atoms with Crippen molar-refractivity contribution in [3.63, 3.8) is 0 Å². The van der Waals surface area contributed by atoms with Crippen molar-refractivity contribution in [2.75, 3.05) is 13.2 Å². The monoisotopic (exact) mass is 683 g/mol. The number of benzene rings is 2. The quantitative estimate of drug-likeness (QED) is 0.262. The number of aromatic nitrogens is 1. The van der Waals surface area contributed by atoms with E-state index in [4.69, 9.17) is 24.7 Å². The van der Waals surface area contributed by atoms with E-state index in [1.807, 2.05) is 20.8 Å². The first-order valence-electron chi connectivity index (χ1n) is 16.3. The van der Waals surface area contributed by atoms with Crippen molar-refractivity contribution >= 4 is 34.7 Å². The highest BCUT2D eigenvalue weighted by molar-refractivity contribution is 5.92. The van der Waals surface area contributed by atoms with Gasteiger partial charge in [0.2, 0.25) is 5.91 Å². The maximum Gasteiger partial charge on any atom is 0.303 e. The zero-order valence-corrected chi connectivity index (χ0v) is 28.5. The second kappa shape index (κ2) is 14.2. The average Bonchev–Trinajstić information content (AvgIpc) is 3.60. The molecule has 5 rings (SSSR count). The van der Waals surface area contributed by atoms with Crippen LogP contribution in [0.15, 0.2) is 42.5 Å². The number of amides is 1. The highest BCUT2D eigenvalue weighted by Gasteiger charge is 2.49. The first kappa shape index (κ1) is 35.9. The minimum absolute atomic E-state index is 0.167. The highest BCUT2D eigenvalue weighted by atomic mass is 19.1. The summed E-state index contributed by atoms with van der Waals surface area (Å²) in [5.74, 6) is -3.34. The van der Waals surface area contributed by atoms with Crippen LogP contribution in [0.2, 0.25) is 0 Å². The van der Waals surface area contributed by atoms with Crippen LogP contribution in [0.4, 0.5) is 8.78 Å². The Kier molecular flexibility index (Phi) is 10.4. The van der Waals surface area contributed by atoms with Crippen molar-refractivity contribution < 1.29 is 46.9 Å². The van der Waals surface area contributed by atoms with E-state index >= 15 is 4.39 Å². The number of esters is 3. The first-order valence-corrected chi connectivity index (χ1v) is 16.3. The Morgan fingerprint density at radius 1 is 0.918 bits per heavy atom. The van der Waals surface area contributed by atoms with Gasteiger partial charge in [0.05, 0.1) is 23.9 Å². The molecule has 2 aliphatic heterocycles. The number of rotatable bonds is 8. The molecule has 0 spiro atoms. The molecule has 0 bridgehead atoms. The van der Waals surface area contributed by atoms with Gasteiger partial charge in [-0.3, -0.25) is 19.2 Å². The lowest BCUT2D eigenvalue weighted by atomic mass is 9.86. The Labute approximate surface area is 283 Å². The molecule has 0 aliphatic carbocycles. The molecule has 13 heteroatoms. The molecule has 2 N–H and O–H groups in total. The fraction of sp³-hybridized carbons (Fsp3) is 0.500. The fourth-order valence-electron chi connectivity index (χ4n) is 6.81. The molecular formula is C36H43F2N3O8. The molecule has 3 heterocycles. The minimum Gasteiger partial charge on any atom is -0.456 e. The molecule has 0 unspecified atom stereocenters. The molecule has 2 aromatic carbocycles. The first-order chi connectivity index (χ1) is 23.1. The van der Waals surface area contributed by atoms with Gasteiger partial charge in [-0.05, 0) is 78.3 Å². The Morgan fingerprint density at radius 2 is 1.53 bits per heavy atom. The zero-order chi connectivity index (χ0) is 35.8. The fourth-order valence-corrected chi connectivity index (χ4v) is 6.81. The Bertz CT molecular complexity index is 1730. The van der Waals surface area contributed by atoms with Gasteiger partial charge in [0, 0.05) is 38.7 Å². The van der Waals surface area contributed by atoms with Gasteiger partial charge in [-0.25, -0.2) is 8.78 Å². The number of likely N-dealkylation sites (tertiary alicyclic amines) is 1. The molecule has 6 atom stereocenters. The Balaban J connectivity index is 1.72. The van der Waals surface area contributed by atoms with Crippen molar-refractivity contribution in [3.8, 4) is 11.3 Å². The second-order valence-corrected chi connectivity index (χ2v) is 13.8. The summed E-state index contributed by atoms with van der Waals surface area (Å²) in [6.45, 7) is 9.52. The van der Waals surface area contributed by atoms with Crippen LogP contribution in [0.1, 0.15) is 66.2 Å². The third kappa shape index (κ3) is 7.62. The summed E-state index contributed by atoms with van der Waals surface area (Å²) < 4.78 is 54.1. The molecule has 264 valence electrons.